The number of carbonyl (C=O) groups excluding carboxylic acids is 1. The number of fused-ring (bicyclic) bond motifs is 3. The number of carbonyl (C=O) groups is 2. The van der Waals surface area contributed by atoms with Crippen molar-refractivity contribution in [2.45, 2.75) is 31.5 Å². The molecule has 8 heteroatoms. The van der Waals surface area contributed by atoms with Gasteiger partial charge in [-0.15, -0.1) is 0 Å². The molecule has 2 aromatic rings. The number of halogens is 3. The predicted molar refractivity (Wildman–Crippen MR) is 79.4 cm³/mol. The van der Waals surface area contributed by atoms with Crippen LogP contribution in [-0.2, 0) is 16.0 Å². The van der Waals surface area contributed by atoms with Crippen molar-refractivity contribution < 1.29 is 27.9 Å². The molecule has 1 amide bonds. The molecule has 24 heavy (non-hydrogen) atoms. The van der Waals surface area contributed by atoms with Gasteiger partial charge in [0.1, 0.15) is 0 Å². The average Bonchev–Trinajstić information content (AvgIpc) is 2.88. The van der Waals surface area contributed by atoms with E-state index in [2.05, 4.69) is 4.98 Å². The first-order chi connectivity index (χ1) is 11.3. The number of para-hydroxylation sites is 1. The van der Waals surface area contributed by atoms with Crippen LogP contribution in [0.25, 0.3) is 10.9 Å². The first-order valence-corrected chi connectivity index (χ1v) is 7.46. The van der Waals surface area contributed by atoms with E-state index in [0.29, 0.717) is 17.5 Å². The number of rotatable bonds is 3. The van der Waals surface area contributed by atoms with Crippen LogP contribution in [0, 0.1) is 0 Å². The summed E-state index contributed by atoms with van der Waals surface area (Å²) in [7, 11) is 0. The van der Waals surface area contributed by atoms with E-state index in [1.807, 2.05) is 0 Å². The van der Waals surface area contributed by atoms with E-state index in [-0.39, 0.29) is 12.2 Å². The number of amides is 1. The van der Waals surface area contributed by atoms with Crippen molar-refractivity contribution in [2.24, 2.45) is 0 Å². The maximum atomic E-state index is 13.6. The van der Waals surface area contributed by atoms with Crippen molar-refractivity contribution in [3.63, 3.8) is 0 Å². The van der Waals surface area contributed by atoms with Crippen molar-refractivity contribution in [3.8, 4) is 0 Å². The third kappa shape index (κ3) is 2.83. The Kier molecular flexibility index (Phi) is 3.98. The van der Waals surface area contributed by atoms with E-state index >= 15 is 0 Å². The van der Waals surface area contributed by atoms with Crippen LogP contribution >= 0.6 is 0 Å². The van der Waals surface area contributed by atoms with E-state index in [9.17, 15) is 22.8 Å². The summed E-state index contributed by atoms with van der Waals surface area (Å²) in [4.78, 5) is 26.2. The molecule has 5 nitrogen and oxygen atoms in total. The van der Waals surface area contributed by atoms with Gasteiger partial charge >= 0.3 is 12.1 Å². The second-order valence-electron chi connectivity index (χ2n) is 5.74. The summed E-state index contributed by atoms with van der Waals surface area (Å²) >= 11 is 0. The average molecular weight is 340 g/mol. The van der Waals surface area contributed by atoms with Crippen LogP contribution in [0.15, 0.2) is 24.3 Å². The molecule has 1 aromatic heterocycles. The lowest BCUT2D eigenvalue weighted by atomic mass is 9.96. The van der Waals surface area contributed by atoms with Crippen LogP contribution in [-0.4, -0.2) is 39.6 Å². The molecule has 0 spiro atoms. The second kappa shape index (κ2) is 5.85. The third-order valence-corrected chi connectivity index (χ3v) is 4.22. The van der Waals surface area contributed by atoms with Crippen molar-refractivity contribution in [1.29, 1.82) is 0 Å². The van der Waals surface area contributed by atoms with Crippen molar-refractivity contribution in [3.05, 3.63) is 35.5 Å². The van der Waals surface area contributed by atoms with Crippen LogP contribution in [0.1, 0.15) is 30.1 Å². The number of hydrogen-bond acceptors (Lipinski definition) is 2. The molecule has 3 rings (SSSR count). The van der Waals surface area contributed by atoms with Crippen LogP contribution in [0.4, 0.5) is 13.2 Å². The highest BCUT2D eigenvalue weighted by Gasteiger charge is 2.50. The van der Waals surface area contributed by atoms with Crippen LogP contribution in [0.3, 0.4) is 0 Å². The zero-order valence-electron chi connectivity index (χ0n) is 12.6. The van der Waals surface area contributed by atoms with E-state index in [4.69, 9.17) is 5.11 Å². The highest BCUT2D eigenvalue weighted by Crippen LogP contribution is 2.43. The number of carboxylic acid groups (broad SMARTS) is 1. The standard InChI is InChI=1S/C16H15F3N2O3/c17-16(18,19)15-14-10(9-3-1-2-4-11(9)20-14)7-8-21(15)12(22)5-6-13(23)24/h1-4,15,20H,5-8H2,(H,23,24)/t15-/m1/s1. The molecular formula is C16H15F3N2O3. The minimum atomic E-state index is -4.64. The Balaban J connectivity index is 2.01. The summed E-state index contributed by atoms with van der Waals surface area (Å²) in [5, 5.41) is 9.36. The number of H-pyrrole nitrogens is 1. The quantitative estimate of drug-likeness (QED) is 0.902. The number of alkyl halides is 3. The summed E-state index contributed by atoms with van der Waals surface area (Å²) in [6.07, 6.45) is -5.28. The zero-order chi connectivity index (χ0) is 17.5. The third-order valence-electron chi connectivity index (χ3n) is 4.22. The largest absolute Gasteiger partial charge is 0.481 e. The molecule has 0 fully saturated rings. The molecule has 2 N–H and O–H groups in total. The molecule has 2 heterocycles. The highest BCUT2D eigenvalue weighted by molar-refractivity contribution is 5.86. The normalized spacial score (nSPS) is 17.8. The minimum Gasteiger partial charge on any atom is -0.481 e. The lowest BCUT2D eigenvalue weighted by Gasteiger charge is -2.36. The van der Waals surface area contributed by atoms with Gasteiger partial charge in [0.2, 0.25) is 5.91 Å². The monoisotopic (exact) mass is 340 g/mol. The maximum absolute atomic E-state index is 13.6. The fourth-order valence-corrected chi connectivity index (χ4v) is 3.21. The smallest absolute Gasteiger partial charge is 0.414 e. The Morgan fingerprint density at radius 3 is 2.62 bits per heavy atom. The Labute approximate surface area is 135 Å². The van der Waals surface area contributed by atoms with Gasteiger partial charge in [0.25, 0.3) is 0 Å². The minimum absolute atomic E-state index is 0.0291. The highest BCUT2D eigenvalue weighted by atomic mass is 19.4. The number of aromatic amines is 1. The number of nitrogens with zero attached hydrogens (tertiary/aromatic N) is 1. The molecule has 0 saturated heterocycles. The maximum Gasteiger partial charge on any atom is 0.414 e. The number of hydrogen-bond donors (Lipinski definition) is 2. The van der Waals surface area contributed by atoms with Gasteiger partial charge < -0.3 is 15.0 Å². The number of carboxylic acids is 1. The molecule has 0 unspecified atom stereocenters. The first-order valence-electron chi connectivity index (χ1n) is 7.46. The van der Waals surface area contributed by atoms with Crippen LogP contribution < -0.4 is 0 Å². The zero-order valence-corrected chi connectivity index (χ0v) is 12.6. The van der Waals surface area contributed by atoms with Crippen LogP contribution in [0.5, 0.6) is 0 Å². The van der Waals surface area contributed by atoms with Gasteiger partial charge in [-0.1, -0.05) is 18.2 Å². The van der Waals surface area contributed by atoms with Crippen molar-refractivity contribution in [2.75, 3.05) is 6.54 Å². The molecule has 1 aliphatic rings. The van der Waals surface area contributed by atoms with Crippen molar-refractivity contribution in [1.82, 2.24) is 9.88 Å². The molecule has 1 atom stereocenters. The van der Waals surface area contributed by atoms with Gasteiger partial charge in [0.15, 0.2) is 6.04 Å². The lowest BCUT2D eigenvalue weighted by molar-refractivity contribution is -0.195. The van der Waals surface area contributed by atoms with E-state index < -0.39 is 36.9 Å². The Morgan fingerprint density at radius 2 is 1.96 bits per heavy atom. The van der Waals surface area contributed by atoms with Gasteiger partial charge in [0.05, 0.1) is 12.1 Å². The van der Waals surface area contributed by atoms with E-state index in [1.54, 1.807) is 24.3 Å². The number of aliphatic carboxylic acids is 1. The van der Waals surface area contributed by atoms with Gasteiger partial charge in [-0.3, -0.25) is 9.59 Å². The Hall–Kier alpha value is -2.51. The SMILES string of the molecule is O=C(O)CCC(=O)N1CCc2c([nH]c3ccccc23)[C@@H]1C(F)(F)F. The predicted octanol–water partition coefficient (Wildman–Crippen LogP) is 3.02. The Bertz CT molecular complexity index is 797. The van der Waals surface area contributed by atoms with E-state index in [0.717, 1.165) is 10.3 Å². The summed E-state index contributed by atoms with van der Waals surface area (Å²) in [5.74, 6) is -2.01. The summed E-state index contributed by atoms with van der Waals surface area (Å²) < 4.78 is 40.9. The Morgan fingerprint density at radius 1 is 1.25 bits per heavy atom. The second-order valence-corrected chi connectivity index (χ2v) is 5.74. The number of nitrogens with one attached hydrogen (secondary N) is 1. The first kappa shape index (κ1) is 16.4. The molecule has 0 bridgehead atoms. The fourth-order valence-electron chi connectivity index (χ4n) is 3.21. The molecular weight excluding hydrogens is 325 g/mol. The molecule has 0 radical (unpaired) electrons. The molecule has 0 saturated carbocycles. The van der Waals surface area contributed by atoms with Crippen LogP contribution in [0.2, 0.25) is 0 Å². The van der Waals surface area contributed by atoms with E-state index in [1.165, 1.54) is 0 Å². The fraction of sp³-hybridized carbons (Fsp3) is 0.375. The summed E-state index contributed by atoms with van der Waals surface area (Å²) in [5.41, 5.74) is 1.13. The molecule has 128 valence electrons. The summed E-state index contributed by atoms with van der Waals surface area (Å²) in [6, 6.07) is 4.85. The topological polar surface area (TPSA) is 73.4 Å². The summed E-state index contributed by atoms with van der Waals surface area (Å²) in [6.45, 7) is -0.0858. The molecule has 1 aromatic carbocycles. The number of aromatic nitrogens is 1. The number of benzene rings is 1. The lowest BCUT2D eigenvalue weighted by Crippen LogP contribution is -2.46. The molecule has 0 aliphatic carbocycles. The van der Waals surface area contributed by atoms with Crippen molar-refractivity contribution >= 4 is 22.8 Å². The van der Waals surface area contributed by atoms with Gasteiger partial charge in [0, 0.05) is 23.9 Å². The van der Waals surface area contributed by atoms with Gasteiger partial charge in [-0.05, 0) is 18.1 Å². The molecule has 1 aliphatic heterocycles. The van der Waals surface area contributed by atoms with Gasteiger partial charge in [-0.2, -0.15) is 13.2 Å². The van der Waals surface area contributed by atoms with Gasteiger partial charge in [-0.25, -0.2) is 0 Å².